The van der Waals surface area contributed by atoms with Crippen LogP contribution in [0.3, 0.4) is 0 Å². The third kappa shape index (κ3) is 1.41. The maximum atomic E-state index is 11.2. The Bertz CT molecular complexity index is 286. The van der Waals surface area contributed by atoms with Gasteiger partial charge in [-0.25, -0.2) is 0 Å². The summed E-state index contributed by atoms with van der Waals surface area (Å²) in [5.41, 5.74) is 0. The topological polar surface area (TPSA) is 72.5 Å². The first-order chi connectivity index (χ1) is 6.16. The van der Waals surface area contributed by atoms with Gasteiger partial charge in [-0.2, -0.15) is 0 Å². The van der Waals surface area contributed by atoms with Crippen molar-refractivity contribution in [2.45, 2.75) is 25.4 Å². The largest absolute Gasteiger partial charge is 0.461 e. The van der Waals surface area contributed by atoms with E-state index >= 15 is 0 Å². The molecule has 2 amide bonds. The number of esters is 1. The average Bonchev–Trinajstić information content (AvgIpc) is 2.58. The van der Waals surface area contributed by atoms with Crippen LogP contribution >= 0.6 is 0 Å². The van der Waals surface area contributed by atoms with Gasteiger partial charge in [0.15, 0.2) is 0 Å². The van der Waals surface area contributed by atoms with Gasteiger partial charge in [-0.3, -0.25) is 19.7 Å². The zero-order valence-electron chi connectivity index (χ0n) is 6.91. The SMILES string of the molecule is O=C1CC(C2CCC(=O)O2)C(=O)N1. The van der Waals surface area contributed by atoms with E-state index in [2.05, 4.69) is 5.32 Å². The molecule has 5 heteroatoms. The zero-order valence-corrected chi connectivity index (χ0v) is 6.91. The predicted molar refractivity (Wildman–Crippen MR) is 40.4 cm³/mol. The normalized spacial score (nSPS) is 33.4. The minimum atomic E-state index is -0.459. The van der Waals surface area contributed by atoms with E-state index in [1.54, 1.807) is 0 Å². The molecular weight excluding hydrogens is 174 g/mol. The van der Waals surface area contributed by atoms with Gasteiger partial charge in [-0.05, 0) is 6.42 Å². The van der Waals surface area contributed by atoms with Gasteiger partial charge in [-0.15, -0.1) is 0 Å². The van der Waals surface area contributed by atoms with Crippen LogP contribution in [0.15, 0.2) is 0 Å². The molecule has 2 atom stereocenters. The fraction of sp³-hybridized carbons (Fsp3) is 0.625. The highest BCUT2D eigenvalue weighted by molar-refractivity contribution is 6.03. The highest BCUT2D eigenvalue weighted by Crippen LogP contribution is 2.26. The molecule has 0 saturated carbocycles. The Labute approximate surface area is 74.4 Å². The maximum Gasteiger partial charge on any atom is 0.306 e. The molecule has 0 aromatic heterocycles. The number of rotatable bonds is 1. The van der Waals surface area contributed by atoms with E-state index in [1.165, 1.54) is 0 Å². The van der Waals surface area contributed by atoms with Crippen LogP contribution in [0.1, 0.15) is 19.3 Å². The summed E-state index contributed by atoms with van der Waals surface area (Å²) in [6.45, 7) is 0. The predicted octanol–water partition coefficient (Wildman–Crippen LogP) is -0.645. The fourth-order valence-corrected chi connectivity index (χ4v) is 1.70. The van der Waals surface area contributed by atoms with E-state index in [-0.39, 0.29) is 30.3 Å². The van der Waals surface area contributed by atoms with Crippen molar-refractivity contribution in [1.29, 1.82) is 0 Å². The van der Waals surface area contributed by atoms with Gasteiger partial charge in [-0.1, -0.05) is 0 Å². The monoisotopic (exact) mass is 183 g/mol. The van der Waals surface area contributed by atoms with Crippen molar-refractivity contribution < 1.29 is 19.1 Å². The summed E-state index contributed by atoms with van der Waals surface area (Å²) in [7, 11) is 0. The smallest absolute Gasteiger partial charge is 0.306 e. The van der Waals surface area contributed by atoms with Gasteiger partial charge in [0, 0.05) is 12.8 Å². The highest BCUT2D eigenvalue weighted by Gasteiger charge is 2.41. The Morgan fingerprint density at radius 2 is 2.08 bits per heavy atom. The van der Waals surface area contributed by atoms with E-state index in [9.17, 15) is 14.4 Å². The number of carbonyl (C=O) groups is 3. The molecule has 2 rings (SSSR count). The van der Waals surface area contributed by atoms with Crippen LogP contribution in [0.25, 0.3) is 0 Å². The van der Waals surface area contributed by atoms with E-state index < -0.39 is 5.92 Å². The molecular formula is C8H9NO4. The van der Waals surface area contributed by atoms with Crippen molar-refractivity contribution >= 4 is 17.8 Å². The number of cyclic esters (lactones) is 1. The van der Waals surface area contributed by atoms with Crippen LogP contribution in [0.5, 0.6) is 0 Å². The molecule has 70 valence electrons. The maximum absolute atomic E-state index is 11.2. The van der Waals surface area contributed by atoms with E-state index in [1.807, 2.05) is 0 Å². The quantitative estimate of drug-likeness (QED) is 0.433. The first-order valence-electron chi connectivity index (χ1n) is 4.20. The lowest BCUT2D eigenvalue weighted by Gasteiger charge is -2.12. The Balaban J connectivity index is 2.05. The molecule has 2 saturated heterocycles. The summed E-state index contributed by atoms with van der Waals surface area (Å²) in [4.78, 5) is 32.7. The Morgan fingerprint density at radius 3 is 2.54 bits per heavy atom. The minimum Gasteiger partial charge on any atom is -0.461 e. The molecule has 2 heterocycles. The molecule has 0 spiro atoms. The van der Waals surface area contributed by atoms with Gasteiger partial charge >= 0.3 is 5.97 Å². The standard InChI is InChI=1S/C8H9NO4/c10-6-3-4(8(12)9-6)5-1-2-7(11)13-5/h4-5H,1-3H2,(H,9,10,12). The van der Waals surface area contributed by atoms with Crippen LogP contribution < -0.4 is 5.32 Å². The summed E-state index contributed by atoms with van der Waals surface area (Å²) in [5, 5.41) is 2.19. The second kappa shape index (κ2) is 2.83. The van der Waals surface area contributed by atoms with E-state index in [0.29, 0.717) is 12.8 Å². The van der Waals surface area contributed by atoms with Crippen molar-refractivity contribution in [3.63, 3.8) is 0 Å². The van der Waals surface area contributed by atoms with Crippen molar-refractivity contribution in [3.8, 4) is 0 Å². The summed E-state index contributed by atoms with van der Waals surface area (Å²) in [5.74, 6) is -1.33. The van der Waals surface area contributed by atoms with Gasteiger partial charge in [0.25, 0.3) is 0 Å². The lowest BCUT2D eigenvalue weighted by molar-refractivity contribution is -0.144. The zero-order chi connectivity index (χ0) is 9.42. The van der Waals surface area contributed by atoms with Gasteiger partial charge in [0.2, 0.25) is 11.8 Å². The summed E-state index contributed by atoms with van der Waals surface area (Å²) in [6, 6.07) is 0. The molecule has 1 N–H and O–H groups in total. The van der Waals surface area contributed by atoms with Crippen molar-refractivity contribution in [1.82, 2.24) is 5.32 Å². The minimum absolute atomic E-state index is 0.150. The average molecular weight is 183 g/mol. The van der Waals surface area contributed by atoms with Crippen molar-refractivity contribution in [2.24, 2.45) is 5.92 Å². The molecule has 5 nitrogen and oxygen atoms in total. The molecule has 13 heavy (non-hydrogen) atoms. The van der Waals surface area contributed by atoms with Crippen molar-refractivity contribution in [3.05, 3.63) is 0 Å². The number of imide groups is 1. The number of hydrogen-bond donors (Lipinski definition) is 1. The van der Waals surface area contributed by atoms with Crippen LogP contribution in [-0.2, 0) is 19.1 Å². The third-order valence-electron chi connectivity index (χ3n) is 2.37. The number of carbonyl (C=O) groups excluding carboxylic acids is 3. The summed E-state index contributed by atoms with van der Waals surface area (Å²) < 4.78 is 4.91. The van der Waals surface area contributed by atoms with Gasteiger partial charge < -0.3 is 4.74 Å². The number of ether oxygens (including phenoxy) is 1. The Kier molecular flexibility index (Phi) is 1.79. The van der Waals surface area contributed by atoms with Crippen LogP contribution in [0.4, 0.5) is 0 Å². The molecule has 0 bridgehead atoms. The molecule has 2 aliphatic heterocycles. The van der Waals surface area contributed by atoms with Gasteiger partial charge in [0.05, 0.1) is 5.92 Å². The third-order valence-corrected chi connectivity index (χ3v) is 2.37. The second-order valence-corrected chi connectivity index (χ2v) is 3.29. The Morgan fingerprint density at radius 1 is 1.31 bits per heavy atom. The van der Waals surface area contributed by atoms with Crippen LogP contribution in [-0.4, -0.2) is 23.9 Å². The van der Waals surface area contributed by atoms with E-state index in [0.717, 1.165) is 0 Å². The highest BCUT2D eigenvalue weighted by atomic mass is 16.5. The molecule has 0 aliphatic carbocycles. The lowest BCUT2D eigenvalue weighted by Crippen LogP contribution is -2.29. The molecule has 2 aliphatic rings. The Hall–Kier alpha value is -1.39. The lowest BCUT2D eigenvalue weighted by atomic mass is 9.98. The van der Waals surface area contributed by atoms with Crippen LogP contribution in [0.2, 0.25) is 0 Å². The molecule has 0 aromatic carbocycles. The number of hydrogen-bond acceptors (Lipinski definition) is 4. The first-order valence-corrected chi connectivity index (χ1v) is 4.20. The summed E-state index contributed by atoms with van der Waals surface area (Å²) in [6.07, 6.45) is 0.655. The fourth-order valence-electron chi connectivity index (χ4n) is 1.70. The summed E-state index contributed by atoms with van der Waals surface area (Å²) >= 11 is 0. The van der Waals surface area contributed by atoms with Crippen LogP contribution in [0, 0.1) is 5.92 Å². The van der Waals surface area contributed by atoms with Crippen molar-refractivity contribution in [2.75, 3.05) is 0 Å². The number of amides is 2. The number of nitrogens with one attached hydrogen (secondary N) is 1. The first kappa shape index (κ1) is 8.22. The molecule has 0 aromatic rings. The molecule has 0 radical (unpaired) electrons. The molecule has 2 unspecified atom stereocenters. The van der Waals surface area contributed by atoms with Gasteiger partial charge in [0.1, 0.15) is 6.10 Å². The molecule has 2 fully saturated rings. The second-order valence-electron chi connectivity index (χ2n) is 3.29. The van der Waals surface area contributed by atoms with E-state index in [4.69, 9.17) is 4.74 Å².